The molecule has 1 saturated carbocycles. The summed E-state index contributed by atoms with van der Waals surface area (Å²) in [6, 6.07) is 5.72. The smallest absolute Gasteiger partial charge is 0.0635 e. The number of nitrogens with two attached hydrogens (primary N) is 1. The maximum atomic E-state index is 5.85. The molecule has 0 amide bonds. The van der Waals surface area contributed by atoms with E-state index in [1.807, 2.05) is 18.2 Å². The molecule has 0 radical (unpaired) electrons. The lowest BCUT2D eigenvalue weighted by Crippen LogP contribution is -2.19. The van der Waals surface area contributed by atoms with Gasteiger partial charge in [-0.2, -0.15) is 0 Å². The topological polar surface area (TPSA) is 47.3 Å². The fourth-order valence-corrected chi connectivity index (χ4v) is 1.73. The number of ether oxygens (including phenoxy) is 1. The number of nitrogen functional groups attached to an aromatic ring is 1. The Bertz CT molecular complexity index is 366. The van der Waals surface area contributed by atoms with Gasteiger partial charge in [-0.3, -0.25) is 0 Å². The van der Waals surface area contributed by atoms with E-state index in [2.05, 4.69) is 5.32 Å². The second-order valence-corrected chi connectivity index (χ2v) is 4.96. The van der Waals surface area contributed by atoms with Crippen LogP contribution in [0.5, 0.6) is 0 Å². The van der Waals surface area contributed by atoms with Crippen LogP contribution in [0.25, 0.3) is 0 Å². The summed E-state index contributed by atoms with van der Waals surface area (Å²) in [6.45, 7) is 3.37. The molecule has 1 aliphatic carbocycles. The van der Waals surface area contributed by atoms with Crippen LogP contribution in [-0.2, 0) is 11.3 Å². The highest BCUT2D eigenvalue weighted by molar-refractivity contribution is 6.33. The molecule has 3 nitrogen and oxygen atoms in total. The van der Waals surface area contributed by atoms with Crippen molar-refractivity contribution in [2.45, 2.75) is 19.4 Å². The maximum absolute atomic E-state index is 5.85. The van der Waals surface area contributed by atoms with Crippen LogP contribution in [0.3, 0.4) is 0 Å². The van der Waals surface area contributed by atoms with E-state index in [1.165, 1.54) is 12.8 Å². The van der Waals surface area contributed by atoms with Gasteiger partial charge in [-0.1, -0.05) is 17.7 Å². The molecule has 1 fully saturated rings. The Morgan fingerprint density at radius 1 is 1.41 bits per heavy atom. The first-order chi connectivity index (χ1) is 8.25. The third-order valence-electron chi connectivity index (χ3n) is 2.86. The van der Waals surface area contributed by atoms with Gasteiger partial charge in [0.15, 0.2) is 0 Å². The minimum absolute atomic E-state index is 0.613. The second-order valence-electron chi connectivity index (χ2n) is 4.55. The zero-order valence-electron chi connectivity index (χ0n) is 9.92. The lowest BCUT2D eigenvalue weighted by Gasteiger charge is -2.07. The van der Waals surface area contributed by atoms with Crippen LogP contribution in [0.4, 0.5) is 5.69 Å². The molecule has 0 aliphatic heterocycles. The highest BCUT2D eigenvalue weighted by Crippen LogP contribution is 2.28. The van der Waals surface area contributed by atoms with E-state index in [-0.39, 0.29) is 0 Å². The Hall–Kier alpha value is -0.770. The van der Waals surface area contributed by atoms with Crippen LogP contribution in [-0.4, -0.2) is 19.8 Å². The minimum Gasteiger partial charge on any atom is -0.398 e. The zero-order valence-corrected chi connectivity index (χ0v) is 10.7. The number of nitrogens with one attached hydrogen (secondary N) is 1. The summed E-state index contributed by atoms with van der Waals surface area (Å²) in [5, 5.41) is 3.93. The van der Waals surface area contributed by atoms with Gasteiger partial charge in [-0.15, -0.1) is 0 Å². The second kappa shape index (κ2) is 6.24. The fourth-order valence-electron chi connectivity index (χ4n) is 1.61. The van der Waals surface area contributed by atoms with Crippen LogP contribution >= 0.6 is 11.6 Å². The van der Waals surface area contributed by atoms with E-state index < -0.39 is 0 Å². The summed E-state index contributed by atoms with van der Waals surface area (Å²) in [5.74, 6) is 0.839. The summed E-state index contributed by atoms with van der Waals surface area (Å²) in [6.07, 6.45) is 2.69. The van der Waals surface area contributed by atoms with Crippen LogP contribution < -0.4 is 11.1 Å². The van der Waals surface area contributed by atoms with Crippen molar-refractivity contribution >= 4 is 17.3 Å². The predicted octanol–water partition coefficient (Wildman–Crippen LogP) is 2.44. The highest BCUT2D eigenvalue weighted by Gasteiger charge is 2.20. The Balaban J connectivity index is 1.58. The summed E-state index contributed by atoms with van der Waals surface area (Å²) >= 11 is 5.85. The van der Waals surface area contributed by atoms with Gasteiger partial charge < -0.3 is 15.8 Å². The van der Waals surface area contributed by atoms with Crippen molar-refractivity contribution in [3.8, 4) is 0 Å². The molecule has 0 aromatic heterocycles. The van der Waals surface area contributed by atoms with E-state index in [0.29, 0.717) is 10.7 Å². The number of anilines is 1. The van der Waals surface area contributed by atoms with Crippen molar-refractivity contribution < 1.29 is 4.74 Å². The van der Waals surface area contributed by atoms with E-state index in [1.54, 1.807) is 0 Å². The molecular weight excluding hydrogens is 236 g/mol. The lowest BCUT2D eigenvalue weighted by molar-refractivity contribution is 0.126. The third kappa shape index (κ3) is 4.54. The molecule has 0 heterocycles. The molecule has 0 spiro atoms. The number of benzene rings is 1. The molecule has 0 atom stereocenters. The van der Waals surface area contributed by atoms with Gasteiger partial charge in [0.25, 0.3) is 0 Å². The van der Waals surface area contributed by atoms with E-state index in [0.717, 1.165) is 37.8 Å². The molecule has 4 heteroatoms. The quantitative estimate of drug-likeness (QED) is 0.580. The van der Waals surface area contributed by atoms with Crippen LogP contribution in [0.1, 0.15) is 18.4 Å². The molecule has 1 aromatic carbocycles. The first kappa shape index (κ1) is 12.7. The van der Waals surface area contributed by atoms with E-state index in [9.17, 15) is 0 Å². The van der Waals surface area contributed by atoms with Gasteiger partial charge in [-0.05, 0) is 36.5 Å². The van der Waals surface area contributed by atoms with Gasteiger partial charge in [0.05, 0.1) is 17.3 Å². The Kier molecular flexibility index (Phi) is 4.66. The number of halogens is 1. The normalized spacial score (nSPS) is 15.1. The number of hydrogen-bond acceptors (Lipinski definition) is 3. The molecule has 3 N–H and O–H groups in total. The number of hydrogen-bond donors (Lipinski definition) is 2. The molecule has 94 valence electrons. The molecular formula is C13H19ClN2O. The summed E-state index contributed by atoms with van der Waals surface area (Å²) in [4.78, 5) is 0. The first-order valence-corrected chi connectivity index (χ1v) is 6.46. The molecule has 1 aromatic rings. The third-order valence-corrected chi connectivity index (χ3v) is 3.21. The fraction of sp³-hybridized carbons (Fsp3) is 0.538. The molecule has 0 unspecified atom stereocenters. The largest absolute Gasteiger partial charge is 0.398 e. The SMILES string of the molecule is Nc1cc(CNCCOCC2CC2)ccc1Cl. The van der Waals surface area contributed by atoms with Gasteiger partial charge in [0, 0.05) is 19.7 Å². The van der Waals surface area contributed by atoms with Crippen LogP contribution in [0, 0.1) is 5.92 Å². The average molecular weight is 255 g/mol. The van der Waals surface area contributed by atoms with Crippen LogP contribution in [0.2, 0.25) is 5.02 Å². The van der Waals surface area contributed by atoms with E-state index >= 15 is 0 Å². The standard InChI is InChI=1S/C13H19ClN2O/c14-12-4-3-11(7-13(12)15)8-16-5-6-17-9-10-1-2-10/h3-4,7,10,16H,1-2,5-6,8-9,15H2. The lowest BCUT2D eigenvalue weighted by atomic mass is 10.2. The van der Waals surface area contributed by atoms with Crippen molar-refractivity contribution in [2.75, 3.05) is 25.5 Å². The van der Waals surface area contributed by atoms with Crippen molar-refractivity contribution in [3.63, 3.8) is 0 Å². The molecule has 17 heavy (non-hydrogen) atoms. The molecule has 1 aliphatic rings. The van der Waals surface area contributed by atoms with Gasteiger partial charge in [0.1, 0.15) is 0 Å². The first-order valence-electron chi connectivity index (χ1n) is 6.08. The van der Waals surface area contributed by atoms with Crippen molar-refractivity contribution in [1.82, 2.24) is 5.32 Å². The molecule has 0 bridgehead atoms. The zero-order chi connectivity index (χ0) is 12.1. The van der Waals surface area contributed by atoms with Gasteiger partial charge >= 0.3 is 0 Å². The monoisotopic (exact) mass is 254 g/mol. The average Bonchev–Trinajstić information content (AvgIpc) is 3.12. The minimum atomic E-state index is 0.613. The molecule has 0 saturated heterocycles. The number of rotatable bonds is 7. The molecule has 2 rings (SSSR count). The summed E-state index contributed by atoms with van der Waals surface area (Å²) in [5.41, 5.74) is 7.51. The summed E-state index contributed by atoms with van der Waals surface area (Å²) < 4.78 is 5.53. The maximum Gasteiger partial charge on any atom is 0.0635 e. The van der Waals surface area contributed by atoms with Crippen molar-refractivity contribution in [3.05, 3.63) is 28.8 Å². The Labute approximate surface area is 107 Å². The Morgan fingerprint density at radius 3 is 2.94 bits per heavy atom. The predicted molar refractivity (Wildman–Crippen MR) is 71.1 cm³/mol. The van der Waals surface area contributed by atoms with Crippen molar-refractivity contribution in [1.29, 1.82) is 0 Å². The van der Waals surface area contributed by atoms with Crippen molar-refractivity contribution in [2.24, 2.45) is 5.92 Å². The van der Waals surface area contributed by atoms with Gasteiger partial charge in [0.2, 0.25) is 0 Å². The highest BCUT2D eigenvalue weighted by atomic mass is 35.5. The van der Waals surface area contributed by atoms with Crippen LogP contribution in [0.15, 0.2) is 18.2 Å². The summed E-state index contributed by atoms with van der Waals surface area (Å²) in [7, 11) is 0. The van der Waals surface area contributed by atoms with Gasteiger partial charge in [-0.25, -0.2) is 0 Å². The van der Waals surface area contributed by atoms with E-state index in [4.69, 9.17) is 22.1 Å². The Morgan fingerprint density at radius 2 is 2.24 bits per heavy atom.